The molecule has 0 saturated carbocycles. The van der Waals surface area contributed by atoms with Gasteiger partial charge >= 0.3 is 6.01 Å². The quantitative estimate of drug-likeness (QED) is 0.705. The lowest BCUT2D eigenvalue weighted by atomic mass is 10.3. The highest BCUT2D eigenvalue weighted by molar-refractivity contribution is 5.90. The zero-order chi connectivity index (χ0) is 11.3. The molecule has 0 radical (unpaired) electrons. The number of carbonyl (C=O) groups is 1. The molecule has 6 heteroatoms. The molecule has 0 spiro atoms. The summed E-state index contributed by atoms with van der Waals surface area (Å²) in [5.74, 6) is -0.229. The molecule has 15 heavy (non-hydrogen) atoms. The van der Waals surface area contributed by atoms with Crippen molar-refractivity contribution in [3.63, 3.8) is 0 Å². The standard InChI is InChI=1S/C9H11N3O3/c1-14-8-6(3-4-7(10)13)5-11-9(12-8)15-2/h3-5H,1-2H3,(H2,10,13)/b4-3+. The largest absolute Gasteiger partial charge is 0.480 e. The highest BCUT2D eigenvalue weighted by Crippen LogP contribution is 2.18. The minimum Gasteiger partial charge on any atom is -0.480 e. The Labute approximate surface area is 86.7 Å². The fourth-order valence-electron chi connectivity index (χ4n) is 0.908. The predicted octanol–water partition coefficient (Wildman–Crippen LogP) is -0.00770. The highest BCUT2D eigenvalue weighted by Gasteiger charge is 2.05. The first kappa shape index (κ1) is 11.0. The van der Waals surface area contributed by atoms with E-state index in [0.29, 0.717) is 11.4 Å². The molecule has 0 atom stereocenters. The Hall–Kier alpha value is -2.11. The van der Waals surface area contributed by atoms with Crippen LogP contribution in [0.2, 0.25) is 0 Å². The SMILES string of the molecule is COc1ncc(/C=C/C(N)=O)c(OC)n1. The smallest absolute Gasteiger partial charge is 0.319 e. The lowest BCUT2D eigenvalue weighted by Gasteiger charge is -2.04. The fraction of sp³-hybridized carbons (Fsp3) is 0.222. The molecule has 1 amide bonds. The van der Waals surface area contributed by atoms with Crippen molar-refractivity contribution in [2.75, 3.05) is 14.2 Å². The zero-order valence-electron chi connectivity index (χ0n) is 8.43. The number of hydrogen-bond donors (Lipinski definition) is 1. The monoisotopic (exact) mass is 209 g/mol. The predicted molar refractivity (Wildman–Crippen MR) is 53.4 cm³/mol. The fourth-order valence-corrected chi connectivity index (χ4v) is 0.908. The van der Waals surface area contributed by atoms with Gasteiger partial charge < -0.3 is 15.2 Å². The molecule has 1 aromatic rings. The number of hydrogen-bond acceptors (Lipinski definition) is 5. The molecule has 1 heterocycles. The topological polar surface area (TPSA) is 87.3 Å². The Morgan fingerprint density at radius 3 is 2.73 bits per heavy atom. The van der Waals surface area contributed by atoms with Crippen molar-refractivity contribution in [2.45, 2.75) is 0 Å². The van der Waals surface area contributed by atoms with Gasteiger partial charge in [-0.15, -0.1) is 0 Å². The van der Waals surface area contributed by atoms with E-state index in [0.717, 1.165) is 0 Å². The van der Waals surface area contributed by atoms with Crippen LogP contribution >= 0.6 is 0 Å². The molecule has 80 valence electrons. The lowest BCUT2D eigenvalue weighted by Crippen LogP contribution is -2.05. The third-order valence-corrected chi connectivity index (χ3v) is 1.56. The van der Waals surface area contributed by atoms with Gasteiger partial charge in [-0.25, -0.2) is 4.98 Å². The highest BCUT2D eigenvalue weighted by atomic mass is 16.5. The normalized spacial score (nSPS) is 10.3. The molecule has 2 N–H and O–H groups in total. The third-order valence-electron chi connectivity index (χ3n) is 1.56. The van der Waals surface area contributed by atoms with Crippen LogP contribution in [0, 0.1) is 0 Å². The third kappa shape index (κ3) is 2.94. The molecule has 0 bridgehead atoms. The summed E-state index contributed by atoms with van der Waals surface area (Å²) in [7, 11) is 2.91. The number of carbonyl (C=O) groups excluding carboxylic acids is 1. The summed E-state index contributed by atoms with van der Waals surface area (Å²) in [5, 5.41) is 0. The van der Waals surface area contributed by atoms with Gasteiger partial charge in [-0.1, -0.05) is 0 Å². The average molecular weight is 209 g/mol. The maximum Gasteiger partial charge on any atom is 0.319 e. The van der Waals surface area contributed by atoms with Crippen LogP contribution in [0.5, 0.6) is 11.9 Å². The molecule has 1 rings (SSSR count). The summed E-state index contributed by atoms with van der Waals surface area (Å²) in [4.78, 5) is 18.3. The van der Waals surface area contributed by atoms with Crippen molar-refractivity contribution in [3.05, 3.63) is 17.8 Å². The van der Waals surface area contributed by atoms with E-state index in [4.69, 9.17) is 15.2 Å². The van der Waals surface area contributed by atoms with Crippen LogP contribution in [0.4, 0.5) is 0 Å². The van der Waals surface area contributed by atoms with Crippen LogP contribution in [0.3, 0.4) is 0 Å². The molecule has 0 saturated heterocycles. The van der Waals surface area contributed by atoms with Crippen LogP contribution in [0.15, 0.2) is 12.3 Å². The Balaban J connectivity index is 3.02. The molecule has 0 unspecified atom stereocenters. The van der Waals surface area contributed by atoms with Crippen molar-refractivity contribution in [1.82, 2.24) is 9.97 Å². The number of primary amides is 1. The summed E-state index contributed by atoms with van der Waals surface area (Å²) in [6, 6.07) is 0.197. The minimum atomic E-state index is -0.548. The summed E-state index contributed by atoms with van der Waals surface area (Å²) in [5.41, 5.74) is 5.51. The number of amides is 1. The number of nitrogens with zero attached hydrogens (tertiary/aromatic N) is 2. The van der Waals surface area contributed by atoms with E-state index in [9.17, 15) is 4.79 Å². The maximum atomic E-state index is 10.5. The van der Waals surface area contributed by atoms with E-state index < -0.39 is 5.91 Å². The number of nitrogens with two attached hydrogens (primary N) is 1. The number of rotatable bonds is 4. The lowest BCUT2D eigenvalue weighted by molar-refractivity contribution is -0.113. The summed E-state index contributed by atoms with van der Waals surface area (Å²) in [6.07, 6.45) is 4.15. The van der Waals surface area contributed by atoms with E-state index >= 15 is 0 Å². The van der Waals surface area contributed by atoms with Gasteiger partial charge in [0.15, 0.2) is 0 Å². The van der Waals surface area contributed by atoms with Gasteiger partial charge in [-0.05, 0) is 6.08 Å². The molecular formula is C9H11N3O3. The van der Waals surface area contributed by atoms with Crippen LogP contribution < -0.4 is 15.2 Å². The molecule has 0 aromatic carbocycles. The second-order valence-electron chi connectivity index (χ2n) is 2.56. The molecule has 1 aromatic heterocycles. The van der Waals surface area contributed by atoms with Gasteiger partial charge in [-0.3, -0.25) is 4.79 Å². The Morgan fingerprint density at radius 2 is 2.20 bits per heavy atom. The Kier molecular flexibility index (Phi) is 3.61. The van der Waals surface area contributed by atoms with Crippen molar-refractivity contribution in [1.29, 1.82) is 0 Å². The van der Waals surface area contributed by atoms with E-state index in [2.05, 4.69) is 9.97 Å². The van der Waals surface area contributed by atoms with Crippen LogP contribution in [-0.4, -0.2) is 30.1 Å². The van der Waals surface area contributed by atoms with E-state index in [-0.39, 0.29) is 6.01 Å². The van der Waals surface area contributed by atoms with Gasteiger partial charge in [0.1, 0.15) is 0 Å². The molecule has 0 aliphatic rings. The van der Waals surface area contributed by atoms with Crippen LogP contribution in [0.25, 0.3) is 6.08 Å². The molecular weight excluding hydrogens is 198 g/mol. The average Bonchev–Trinajstić information content (AvgIpc) is 2.25. The van der Waals surface area contributed by atoms with Crippen LogP contribution in [-0.2, 0) is 4.79 Å². The molecule has 6 nitrogen and oxygen atoms in total. The van der Waals surface area contributed by atoms with Gasteiger partial charge in [0, 0.05) is 12.3 Å². The number of methoxy groups -OCH3 is 2. The van der Waals surface area contributed by atoms with Gasteiger partial charge in [0.05, 0.1) is 19.8 Å². The van der Waals surface area contributed by atoms with Gasteiger partial charge in [0.2, 0.25) is 11.8 Å². The zero-order valence-corrected chi connectivity index (χ0v) is 8.43. The van der Waals surface area contributed by atoms with E-state index in [1.54, 1.807) is 0 Å². The van der Waals surface area contributed by atoms with Crippen molar-refractivity contribution in [2.24, 2.45) is 5.73 Å². The Bertz CT molecular complexity index is 390. The first-order valence-corrected chi connectivity index (χ1v) is 4.10. The Morgan fingerprint density at radius 1 is 1.47 bits per heavy atom. The van der Waals surface area contributed by atoms with Crippen molar-refractivity contribution >= 4 is 12.0 Å². The van der Waals surface area contributed by atoms with Crippen LogP contribution in [0.1, 0.15) is 5.56 Å². The second-order valence-corrected chi connectivity index (χ2v) is 2.56. The van der Waals surface area contributed by atoms with Gasteiger partial charge in [-0.2, -0.15) is 4.98 Å². The number of aromatic nitrogens is 2. The summed E-state index contributed by atoms with van der Waals surface area (Å²) < 4.78 is 9.80. The summed E-state index contributed by atoms with van der Waals surface area (Å²) in [6.45, 7) is 0. The first-order chi connectivity index (χ1) is 7.17. The summed E-state index contributed by atoms with van der Waals surface area (Å²) >= 11 is 0. The molecule has 0 aliphatic heterocycles. The minimum absolute atomic E-state index is 0.197. The first-order valence-electron chi connectivity index (χ1n) is 4.10. The number of ether oxygens (including phenoxy) is 2. The van der Waals surface area contributed by atoms with Crippen molar-refractivity contribution < 1.29 is 14.3 Å². The van der Waals surface area contributed by atoms with Gasteiger partial charge in [0.25, 0.3) is 0 Å². The molecule has 0 fully saturated rings. The molecule has 0 aliphatic carbocycles. The van der Waals surface area contributed by atoms with E-state index in [1.165, 1.54) is 32.6 Å². The second kappa shape index (κ2) is 4.94. The maximum absolute atomic E-state index is 10.5. The van der Waals surface area contributed by atoms with Crippen molar-refractivity contribution in [3.8, 4) is 11.9 Å². The van der Waals surface area contributed by atoms with E-state index in [1.807, 2.05) is 0 Å².